The number of rotatable bonds is 4. The molecule has 15 heavy (non-hydrogen) atoms. The van der Waals surface area contributed by atoms with Gasteiger partial charge >= 0.3 is 0 Å². The Morgan fingerprint density at radius 3 is 2.40 bits per heavy atom. The van der Waals surface area contributed by atoms with Gasteiger partial charge in [-0.3, -0.25) is 0 Å². The molecule has 1 heterocycles. The molecule has 1 N–H and O–H groups in total. The number of nitrogens with one attached hydrogen (secondary N) is 1. The SMILES string of the molecule is CCCC1(Cc2ccc(F)cc2)CNC1. The Kier molecular flexibility index (Phi) is 3.06. The zero-order chi connectivity index (χ0) is 10.7. The largest absolute Gasteiger partial charge is 0.316 e. The van der Waals surface area contributed by atoms with Gasteiger partial charge < -0.3 is 5.32 Å². The van der Waals surface area contributed by atoms with Gasteiger partial charge in [-0.1, -0.05) is 25.5 Å². The second-order valence-corrected chi connectivity index (χ2v) is 4.66. The summed E-state index contributed by atoms with van der Waals surface area (Å²) in [7, 11) is 0. The molecule has 2 heteroatoms. The number of benzene rings is 1. The third kappa shape index (κ3) is 2.37. The molecule has 1 aliphatic heterocycles. The molecule has 1 aromatic carbocycles. The number of hydrogen-bond acceptors (Lipinski definition) is 1. The van der Waals surface area contributed by atoms with Crippen molar-refractivity contribution >= 4 is 0 Å². The zero-order valence-electron chi connectivity index (χ0n) is 9.22. The molecule has 0 radical (unpaired) electrons. The highest BCUT2D eigenvalue weighted by molar-refractivity contribution is 5.19. The first kappa shape index (κ1) is 10.6. The van der Waals surface area contributed by atoms with E-state index in [4.69, 9.17) is 0 Å². The standard InChI is InChI=1S/C13H18FN/c1-2-7-13(9-15-10-13)8-11-3-5-12(14)6-4-11/h3-6,15H,2,7-10H2,1H3. The van der Waals surface area contributed by atoms with E-state index in [0.717, 1.165) is 19.5 Å². The van der Waals surface area contributed by atoms with Crippen LogP contribution in [0.15, 0.2) is 24.3 Å². The molecule has 0 amide bonds. The van der Waals surface area contributed by atoms with Gasteiger partial charge in [0.25, 0.3) is 0 Å². The fourth-order valence-corrected chi connectivity index (χ4v) is 2.43. The third-order valence-corrected chi connectivity index (χ3v) is 3.27. The number of hydrogen-bond donors (Lipinski definition) is 1. The van der Waals surface area contributed by atoms with Crippen molar-refractivity contribution in [2.75, 3.05) is 13.1 Å². The minimum absolute atomic E-state index is 0.143. The molecule has 2 rings (SSSR count). The van der Waals surface area contributed by atoms with Gasteiger partial charge in [0.15, 0.2) is 0 Å². The first-order valence-corrected chi connectivity index (χ1v) is 5.69. The van der Waals surface area contributed by atoms with Gasteiger partial charge in [-0.25, -0.2) is 4.39 Å². The summed E-state index contributed by atoms with van der Waals surface area (Å²) in [6, 6.07) is 6.93. The highest BCUT2D eigenvalue weighted by atomic mass is 19.1. The fourth-order valence-electron chi connectivity index (χ4n) is 2.43. The molecule has 0 aliphatic carbocycles. The van der Waals surface area contributed by atoms with E-state index in [0.29, 0.717) is 5.41 Å². The summed E-state index contributed by atoms with van der Waals surface area (Å²) in [5, 5.41) is 3.34. The molecule has 1 saturated heterocycles. The quantitative estimate of drug-likeness (QED) is 0.800. The van der Waals surface area contributed by atoms with Crippen LogP contribution in [0.1, 0.15) is 25.3 Å². The summed E-state index contributed by atoms with van der Waals surface area (Å²) >= 11 is 0. The van der Waals surface area contributed by atoms with Crippen LogP contribution in [-0.4, -0.2) is 13.1 Å². The average Bonchev–Trinajstić information content (AvgIpc) is 2.18. The summed E-state index contributed by atoms with van der Waals surface area (Å²) in [5.41, 5.74) is 1.69. The Morgan fingerprint density at radius 1 is 1.27 bits per heavy atom. The van der Waals surface area contributed by atoms with Gasteiger partial charge in [-0.2, -0.15) is 0 Å². The van der Waals surface area contributed by atoms with E-state index in [9.17, 15) is 4.39 Å². The van der Waals surface area contributed by atoms with Crippen LogP contribution in [0.3, 0.4) is 0 Å². The van der Waals surface area contributed by atoms with Gasteiger partial charge in [0, 0.05) is 13.1 Å². The lowest BCUT2D eigenvalue weighted by Gasteiger charge is -2.43. The Labute approximate surface area is 90.7 Å². The van der Waals surface area contributed by atoms with Crippen LogP contribution < -0.4 is 5.32 Å². The second kappa shape index (κ2) is 4.31. The average molecular weight is 207 g/mol. The van der Waals surface area contributed by atoms with E-state index in [2.05, 4.69) is 12.2 Å². The predicted octanol–water partition coefficient (Wildman–Crippen LogP) is 2.76. The topological polar surface area (TPSA) is 12.0 Å². The summed E-state index contributed by atoms with van der Waals surface area (Å²) in [6.07, 6.45) is 3.56. The summed E-state index contributed by atoms with van der Waals surface area (Å²) in [5.74, 6) is -0.143. The van der Waals surface area contributed by atoms with Crippen LogP contribution in [0.25, 0.3) is 0 Å². The van der Waals surface area contributed by atoms with Gasteiger partial charge in [-0.15, -0.1) is 0 Å². The van der Waals surface area contributed by atoms with Crippen LogP contribution in [0.2, 0.25) is 0 Å². The molecule has 0 aromatic heterocycles. The predicted molar refractivity (Wildman–Crippen MR) is 60.3 cm³/mol. The zero-order valence-corrected chi connectivity index (χ0v) is 9.22. The van der Waals surface area contributed by atoms with Crippen molar-refractivity contribution in [3.8, 4) is 0 Å². The molecular formula is C13H18FN. The van der Waals surface area contributed by atoms with Crippen molar-refractivity contribution in [2.24, 2.45) is 5.41 Å². The van der Waals surface area contributed by atoms with E-state index < -0.39 is 0 Å². The molecule has 0 atom stereocenters. The number of halogens is 1. The van der Waals surface area contributed by atoms with Crippen molar-refractivity contribution in [1.29, 1.82) is 0 Å². The molecule has 0 saturated carbocycles. The first-order chi connectivity index (χ1) is 7.24. The molecule has 0 spiro atoms. The van der Waals surface area contributed by atoms with Gasteiger partial charge in [0.05, 0.1) is 0 Å². The van der Waals surface area contributed by atoms with Crippen molar-refractivity contribution < 1.29 is 4.39 Å². The molecule has 0 unspecified atom stereocenters. The van der Waals surface area contributed by atoms with Crippen LogP contribution in [-0.2, 0) is 6.42 Å². The lowest BCUT2D eigenvalue weighted by molar-refractivity contribution is 0.151. The normalized spacial score (nSPS) is 18.5. The fraction of sp³-hybridized carbons (Fsp3) is 0.538. The minimum Gasteiger partial charge on any atom is -0.316 e. The van der Waals surface area contributed by atoms with Crippen molar-refractivity contribution in [3.63, 3.8) is 0 Å². The summed E-state index contributed by atoms with van der Waals surface area (Å²) in [6.45, 7) is 4.45. The Balaban J connectivity index is 2.03. The first-order valence-electron chi connectivity index (χ1n) is 5.69. The highest BCUT2D eigenvalue weighted by Crippen LogP contribution is 2.32. The van der Waals surface area contributed by atoms with Gasteiger partial charge in [-0.05, 0) is 36.0 Å². The van der Waals surface area contributed by atoms with Crippen LogP contribution >= 0.6 is 0 Å². The van der Waals surface area contributed by atoms with E-state index in [1.165, 1.54) is 18.4 Å². The lowest BCUT2D eigenvalue weighted by atomic mass is 9.73. The van der Waals surface area contributed by atoms with Crippen LogP contribution in [0, 0.1) is 11.2 Å². The maximum Gasteiger partial charge on any atom is 0.123 e. The smallest absolute Gasteiger partial charge is 0.123 e. The Morgan fingerprint density at radius 2 is 1.93 bits per heavy atom. The van der Waals surface area contributed by atoms with Crippen molar-refractivity contribution in [3.05, 3.63) is 35.6 Å². The van der Waals surface area contributed by atoms with E-state index in [1.54, 1.807) is 12.1 Å². The van der Waals surface area contributed by atoms with Crippen molar-refractivity contribution in [2.45, 2.75) is 26.2 Å². The summed E-state index contributed by atoms with van der Waals surface area (Å²) in [4.78, 5) is 0. The van der Waals surface area contributed by atoms with Crippen molar-refractivity contribution in [1.82, 2.24) is 5.32 Å². The Bertz CT molecular complexity index is 314. The van der Waals surface area contributed by atoms with Gasteiger partial charge in [0.2, 0.25) is 0 Å². The molecule has 82 valence electrons. The molecule has 1 fully saturated rings. The molecule has 0 bridgehead atoms. The van der Waals surface area contributed by atoms with Crippen LogP contribution in [0.4, 0.5) is 4.39 Å². The second-order valence-electron chi connectivity index (χ2n) is 4.66. The van der Waals surface area contributed by atoms with Gasteiger partial charge in [0.1, 0.15) is 5.82 Å². The van der Waals surface area contributed by atoms with Crippen LogP contribution in [0.5, 0.6) is 0 Å². The van der Waals surface area contributed by atoms with E-state index in [-0.39, 0.29) is 5.82 Å². The summed E-state index contributed by atoms with van der Waals surface area (Å²) < 4.78 is 12.8. The molecule has 1 aromatic rings. The van der Waals surface area contributed by atoms with E-state index >= 15 is 0 Å². The molecular weight excluding hydrogens is 189 g/mol. The maximum atomic E-state index is 12.8. The monoisotopic (exact) mass is 207 g/mol. The van der Waals surface area contributed by atoms with E-state index in [1.807, 2.05) is 12.1 Å². The minimum atomic E-state index is -0.143. The third-order valence-electron chi connectivity index (χ3n) is 3.27. The molecule has 1 aliphatic rings. The maximum absolute atomic E-state index is 12.8. The lowest BCUT2D eigenvalue weighted by Crippen LogP contribution is -2.54. The highest BCUT2D eigenvalue weighted by Gasteiger charge is 2.35. The Hall–Kier alpha value is -0.890. The molecule has 1 nitrogen and oxygen atoms in total.